The van der Waals surface area contributed by atoms with Gasteiger partial charge in [-0.2, -0.15) is 10.4 Å². The number of nitriles is 1. The molecular weight excluding hydrogens is 479 g/mol. The molecule has 2 aromatic heterocycles. The van der Waals surface area contributed by atoms with Gasteiger partial charge in [0, 0.05) is 36.6 Å². The minimum Gasteiger partial charge on any atom is -0.478 e. The van der Waals surface area contributed by atoms with Gasteiger partial charge in [-0.3, -0.25) is 0 Å². The molecular formula is C24H26Cl2N4O4. The number of rotatable bonds is 7. The van der Waals surface area contributed by atoms with E-state index in [0.29, 0.717) is 27.9 Å². The summed E-state index contributed by atoms with van der Waals surface area (Å²) in [4.78, 5) is 3.39. The Bertz CT molecular complexity index is 1190. The predicted molar refractivity (Wildman–Crippen MR) is 128 cm³/mol. The molecule has 10 heteroatoms. The first kappa shape index (κ1) is 23.5. The Morgan fingerprint density at radius 3 is 2.74 bits per heavy atom. The van der Waals surface area contributed by atoms with Crippen molar-refractivity contribution in [3.8, 4) is 22.9 Å². The van der Waals surface area contributed by atoms with E-state index in [2.05, 4.69) is 10.1 Å². The normalized spacial score (nSPS) is 21.0. The molecule has 1 aromatic carbocycles. The lowest BCUT2D eigenvalue weighted by molar-refractivity contribution is -0.169. The van der Waals surface area contributed by atoms with E-state index in [1.165, 1.54) is 0 Å². The van der Waals surface area contributed by atoms with Gasteiger partial charge < -0.3 is 23.9 Å². The second-order valence-electron chi connectivity index (χ2n) is 8.48. The monoisotopic (exact) mass is 504 g/mol. The van der Waals surface area contributed by atoms with Crippen LogP contribution in [0.1, 0.15) is 50.4 Å². The summed E-state index contributed by atoms with van der Waals surface area (Å²) in [6.07, 6.45) is 9.50. The number of H-pyrrole nitrogens is 1. The Kier molecular flexibility index (Phi) is 7.28. The molecule has 5 rings (SSSR count). The Labute approximate surface area is 207 Å². The van der Waals surface area contributed by atoms with E-state index < -0.39 is 0 Å². The van der Waals surface area contributed by atoms with E-state index in [1.54, 1.807) is 12.3 Å². The fourth-order valence-electron chi connectivity index (χ4n) is 4.56. The molecule has 2 unspecified atom stereocenters. The van der Waals surface area contributed by atoms with E-state index in [9.17, 15) is 0 Å². The second-order valence-corrected chi connectivity index (χ2v) is 9.27. The maximum absolute atomic E-state index is 9.09. The van der Waals surface area contributed by atoms with Crippen LogP contribution in [0.15, 0.2) is 18.5 Å². The average Bonchev–Trinajstić information content (AvgIpc) is 3.50. The lowest BCUT2D eigenvalue weighted by Gasteiger charge is -2.23. The van der Waals surface area contributed by atoms with E-state index >= 15 is 0 Å². The summed E-state index contributed by atoms with van der Waals surface area (Å²) in [7, 11) is 0. The van der Waals surface area contributed by atoms with Crippen molar-refractivity contribution < 1.29 is 18.9 Å². The zero-order valence-corrected chi connectivity index (χ0v) is 20.2. The van der Waals surface area contributed by atoms with Crippen LogP contribution in [0.5, 0.6) is 5.75 Å². The number of benzene rings is 1. The molecule has 0 radical (unpaired) electrons. The van der Waals surface area contributed by atoms with Crippen molar-refractivity contribution in [2.24, 2.45) is 0 Å². The summed E-state index contributed by atoms with van der Waals surface area (Å²) in [5.74, 6) is 0.471. The third kappa shape index (κ3) is 4.77. The first-order valence-electron chi connectivity index (χ1n) is 11.6. The molecule has 0 spiro atoms. The topological polar surface area (TPSA) is 94.3 Å². The van der Waals surface area contributed by atoms with Crippen LogP contribution in [0.2, 0.25) is 10.0 Å². The minimum atomic E-state index is -0.250. The van der Waals surface area contributed by atoms with E-state index in [-0.39, 0.29) is 25.7 Å². The van der Waals surface area contributed by atoms with Gasteiger partial charge in [0.2, 0.25) is 0 Å². The summed E-state index contributed by atoms with van der Waals surface area (Å²) in [5.41, 5.74) is 3.14. The number of halogens is 2. The molecule has 2 fully saturated rings. The van der Waals surface area contributed by atoms with Gasteiger partial charge in [-0.25, -0.2) is 4.68 Å². The zero-order chi connectivity index (χ0) is 23.5. The number of hydrogen-bond acceptors (Lipinski definition) is 6. The van der Waals surface area contributed by atoms with Crippen LogP contribution in [0, 0.1) is 11.3 Å². The van der Waals surface area contributed by atoms with Crippen LogP contribution >= 0.6 is 23.2 Å². The zero-order valence-electron chi connectivity index (χ0n) is 18.7. The third-order valence-corrected chi connectivity index (χ3v) is 6.98. The van der Waals surface area contributed by atoms with Gasteiger partial charge in [-0.05, 0) is 38.5 Å². The highest BCUT2D eigenvalue weighted by atomic mass is 35.5. The molecule has 4 heterocycles. The maximum atomic E-state index is 9.09. The van der Waals surface area contributed by atoms with Gasteiger partial charge in [0.05, 0.1) is 39.4 Å². The quantitative estimate of drug-likeness (QED) is 0.424. The molecule has 0 amide bonds. The minimum absolute atomic E-state index is 0.0876. The summed E-state index contributed by atoms with van der Waals surface area (Å²) in [6, 6.07) is 3.66. The smallest absolute Gasteiger partial charge is 0.174 e. The molecule has 180 valence electrons. The van der Waals surface area contributed by atoms with E-state index in [4.69, 9.17) is 47.4 Å². The van der Waals surface area contributed by atoms with Gasteiger partial charge in [-0.15, -0.1) is 0 Å². The number of fused-ring (bicyclic) bond motifs is 1. The molecule has 2 atom stereocenters. The summed E-state index contributed by atoms with van der Waals surface area (Å²) in [6.45, 7) is 1.60. The molecule has 2 saturated heterocycles. The number of hydrogen-bond donors (Lipinski definition) is 1. The van der Waals surface area contributed by atoms with Crippen molar-refractivity contribution in [3.63, 3.8) is 0 Å². The predicted octanol–water partition coefficient (Wildman–Crippen LogP) is 5.98. The molecule has 2 aliphatic heterocycles. The fourth-order valence-corrected chi connectivity index (χ4v) is 4.95. The van der Waals surface area contributed by atoms with Gasteiger partial charge >= 0.3 is 0 Å². The molecule has 0 bridgehead atoms. The van der Waals surface area contributed by atoms with Crippen LogP contribution in [0.25, 0.3) is 22.0 Å². The SMILES string of the molecule is N#CCOc1cc(Cl)c(Cl)c2[nH]c(COC3CCCCO3)c(-c3cnn(C4CCCCO4)c3)c12. The van der Waals surface area contributed by atoms with E-state index in [0.717, 1.165) is 67.3 Å². The first-order valence-corrected chi connectivity index (χ1v) is 12.3. The lowest BCUT2D eigenvalue weighted by Crippen LogP contribution is -2.22. The second kappa shape index (κ2) is 10.5. The summed E-state index contributed by atoms with van der Waals surface area (Å²) in [5, 5.41) is 15.1. The van der Waals surface area contributed by atoms with Crippen molar-refractivity contribution >= 4 is 34.1 Å². The lowest BCUT2D eigenvalue weighted by atomic mass is 10.0. The van der Waals surface area contributed by atoms with Crippen molar-refractivity contribution in [3.05, 3.63) is 34.2 Å². The molecule has 0 aliphatic carbocycles. The molecule has 2 aliphatic rings. The maximum Gasteiger partial charge on any atom is 0.174 e. The fraction of sp³-hybridized carbons (Fsp3) is 0.500. The van der Waals surface area contributed by atoms with Gasteiger partial charge in [-0.1, -0.05) is 23.2 Å². The average molecular weight is 505 g/mol. The third-order valence-electron chi connectivity index (χ3n) is 6.20. The summed E-state index contributed by atoms with van der Waals surface area (Å²) >= 11 is 13.0. The highest BCUT2D eigenvalue weighted by molar-refractivity contribution is 6.45. The number of nitrogens with one attached hydrogen (secondary N) is 1. The van der Waals surface area contributed by atoms with Crippen LogP contribution in [-0.2, 0) is 20.8 Å². The highest BCUT2D eigenvalue weighted by Crippen LogP contribution is 2.44. The standard InChI is InChI=1S/C24H26Cl2N4O4/c25-16-11-18(31-10-7-27)22-21(15-12-28-30(13-15)19-5-1-3-8-32-19)17(29-24(22)23(16)26)14-34-20-6-2-4-9-33-20/h11-13,19-20,29H,1-6,8-10,14H2. The Morgan fingerprint density at radius 2 is 2.00 bits per heavy atom. The van der Waals surface area contributed by atoms with Gasteiger partial charge in [0.15, 0.2) is 12.9 Å². The number of aromatic amines is 1. The van der Waals surface area contributed by atoms with Crippen LogP contribution < -0.4 is 4.74 Å². The molecule has 34 heavy (non-hydrogen) atoms. The van der Waals surface area contributed by atoms with Crippen molar-refractivity contribution in [2.45, 2.75) is 57.6 Å². The highest BCUT2D eigenvalue weighted by Gasteiger charge is 2.25. The van der Waals surface area contributed by atoms with Gasteiger partial charge in [0.1, 0.15) is 18.0 Å². The van der Waals surface area contributed by atoms with Crippen LogP contribution in [-0.4, -0.2) is 40.9 Å². The molecule has 0 saturated carbocycles. The first-order chi connectivity index (χ1) is 16.7. The van der Waals surface area contributed by atoms with Crippen molar-refractivity contribution in [2.75, 3.05) is 19.8 Å². The Balaban J connectivity index is 1.58. The van der Waals surface area contributed by atoms with Crippen LogP contribution in [0.4, 0.5) is 0 Å². The Hall–Kier alpha value is -2.28. The number of aromatic nitrogens is 3. The molecule has 3 aromatic rings. The largest absolute Gasteiger partial charge is 0.478 e. The van der Waals surface area contributed by atoms with Crippen molar-refractivity contribution in [1.82, 2.24) is 14.8 Å². The molecule has 1 N–H and O–H groups in total. The van der Waals surface area contributed by atoms with E-state index in [1.807, 2.05) is 16.9 Å². The summed E-state index contributed by atoms with van der Waals surface area (Å²) < 4.78 is 25.4. The number of nitrogens with zero attached hydrogens (tertiary/aromatic N) is 3. The van der Waals surface area contributed by atoms with Crippen molar-refractivity contribution in [1.29, 1.82) is 5.26 Å². The molecule has 8 nitrogen and oxygen atoms in total. The Morgan fingerprint density at radius 1 is 1.18 bits per heavy atom. The number of ether oxygens (including phenoxy) is 4. The van der Waals surface area contributed by atoms with Gasteiger partial charge in [0.25, 0.3) is 0 Å². The van der Waals surface area contributed by atoms with Crippen LogP contribution in [0.3, 0.4) is 0 Å².